The van der Waals surface area contributed by atoms with Gasteiger partial charge in [-0.2, -0.15) is 0 Å². The summed E-state index contributed by atoms with van der Waals surface area (Å²) in [5.41, 5.74) is 0. The Morgan fingerprint density at radius 1 is 1.60 bits per heavy atom. The third-order valence-electron chi connectivity index (χ3n) is 2.41. The summed E-state index contributed by atoms with van der Waals surface area (Å²) < 4.78 is 5.27. The number of aliphatic hydroxyl groups is 1. The lowest BCUT2D eigenvalue weighted by Gasteiger charge is -2.11. The van der Waals surface area contributed by atoms with E-state index < -0.39 is 6.29 Å². The maximum Gasteiger partial charge on any atom is 0.173 e. The second-order valence-electron chi connectivity index (χ2n) is 3.20. The van der Waals surface area contributed by atoms with E-state index in [-0.39, 0.29) is 6.23 Å². The highest BCUT2D eigenvalue weighted by molar-refractivity contribution is 5.06. The molecular weight excluding hydrogens is 132 g/mol. The minimum atomic E-state index is -0.521. The van der Waals surface area contributed by atoms with Crippen molar-refractivity contribution in [2.24, 2.45) is 0 Å². The molecule has 3 aliphatic heterocycles. The van der Waals surface area contributed by atoms with E-state index in [1.807, 2.05) is 0 Å². The number of nitrogens with one attached hydrogen (secondary N) is 1. The molecule has 3 rings (SSSR count). The highest BCUT2D eigenvalue weighted by Crippen LogP contribution is 2.36. The molecule has 0 radical (unpaired) electrons. The summed E-state index contributed by atoms with van der Waals surface area (Å²) in [6.45, 7) is 2.06. The van der Waals surface area contributed by atoms with E-state index in [2.05, 4.69) is 10.2 Å². The minimum Gasteiger partial charge on any atom is -0.366 e. The highest BCUT2D eigenvalue weighted by Gasteiger charge is 2.57. The average Bonchev–Trinajstić information content (AvgIpc) is 2.81. The Kier molecular flexibility index (Phi) is 0.840. The van der Waals surface area contributed by atoms with Crippen LogP contribution in [0.25, 0.3) is 0 Å². The molecule has 3 saturated heterocycles. The number of hydrogen-bond acceptors (Lipinski definition) is 4. The van der Waals surface area contributed by atoms with Gasteiger partial charge in [-0.3, -0.25) is 4.90 Å². The SMILES string of the molecule is O[C@H]1OC([C@H]2CN2)N2CC12. The Hall–Kier alpha value is -0.160. The molecule has 3 heterocycles. The van der Waals surface area contributed by atoms with Gasteiger partial charge >= 0.3 is 0 Å². The molecule has 0 spiro atoms. The molecule has 10 heavy (non-hydrogen) atoms. The van der Waals surface area contributed by atoms with Crippen LogP contribution in [0.15, 0.2) is 0 Å². The van der Waals surface area contributed by atoms with Crippen LogP contribution >= 0.6 is 0 Å². The Labute approximate surface area is 58.8 Å². The predicted molar refractivity (Wildman–Crippen MR) is 33.2 cm³/mol. The van der Waals surface area contributed by atoms with Crippen molar-refractivity contribution in [3.8, 4) is 0 Å². The van der Waals surface area contributed by atoms with Gasteiger partial charge in [0.25, 0.3) is 0 Å². The molecule has 0 aromatic rings. The number of ether oxygens (including phenoxy) is 1. The largest absolute Gasteiger partial charge is 0.366 e. The molecule has 5 atom stereocenters. The van der Waals surface area contributed by atoms with Gasteiger partial charge in [0, 0.05) is 13.1 Å². The molecule has 3 aliphatic rings. The molecule has 4 heteroatoms. The third-order valence-corrected chi connectivity index (χ3v) is 2.41. The van der Waals surface area contributed by atoms with Crippen molar-refractivity contribution in [3.63, 3.8) is 0 Å². The maximum absolute atomic E-state index is 9.19. The first-order valence-corrected chi connectivity index (χ1v) is 3.69. The topological polar surface area (TPSA) is 54.4 Å². The van der Waals surface area contributed by atoms with Gasteiger partial charge in [-0.25, -0.2) is 0 Å². The highest BCUT2D eigenvalue weighted by atomic mass is 16.6. The molecule has 0 bridgehead atoms. The smallest absolute Gasteiger partial charge is 0.173 e. The van der Waals surface area contributed by atoms with Crippen LogP contribution in [0.4, 0.5) is 0 Å². The second-order valence-corrected chi connectivity index (χ2v) is 3.20. The van der Waals surface area contributed by atoms with Crippen molar-refractivity contribution in [2.75, 3.05) is 13.1 Å². The van der Waals surface area contributed by atoms with Crippen LogP contribution < -0.4 is 5.32 Å². The van der Waals surface area contributed by atoms with Crippen LogP contribution in [0.5, 0.6) is 0 Å². The molecule has 2 N–H and O–H groups in total. The van der Waals surface area contributed by atoms with Crippen molar-refractivity contribution in [2.45, 2.75) is 24.6 Å². The summed E-state index contributed by atoms with van der Waals surface area (Å²) in [6, 6.07) is 0.801. The first kappa shape index (κ1) is 5.49. The Morgan fingerprint density at radius 2 is 2.40 bits per heavy atom. The zero-order valence-corrected chi connectivity index (χ0v) is 5.53. The van der Waals surface area contributed by atoms with E-state index in [9.17, 15) is 5.11 Å². The van der Waals surface area contributed by atoms with Crippen molar-refractivity contribution in [3.05, 3.63) is 0 Å². The molecule has 3 fully saturated rings. The summed E-state index contributed by atoms with van der Waals surface area (Å²) >= 11 is 0. The lowest BCUT2D eigenvalue weighted by atomic mass is 10.4. The zero-order valence-electron chi connectivity index (χ0n) is 5.53. The van der Waals surface area contributed by atoms with Crippen molar-refractivity contribution in [1.29, 1.82) is 0 Å². The van der Waals surface area contributed by atoms with Crippen molar-refractivity contribution >= 4 is 0 Å². The van der Waals surface area contributed by atoms with E-state index in [4.69, 9.17) is 4.74 Å². The van der Waals surface area contributed by atoms with Crippen LogP contribution in [-0.4, -0.2) is 47.7 Å². The molecule has 0 amide bonds. The normalized spacial score (nSPS) is 63.9. The summed E-state index contributed by atoms with van der Waals surface area (Å²) in [4.78, 5) is 2.19. The maximum atomic E-state index is 9.19. The molecule has 0 aromatic carbocycles. The molecule has 4 nitrogen and oxygen atoms in total. The molecule has 0 aliphatic carbocycles. The number of nitrogens with zero attached hydrogens (tertiary/aromatic N) is 1. The van der Waals surface area contributed by atoms with Gasteiger partial charge in [0.05, 0.1) is 12.1 Å². The number of aliphatic hydroxyl groups excluding tert-OH is 1. The number of rotatable bonds is 1. The van der Waals surface area contributed by atoms with Gasteiger partial charge in [0.2, 0.25) is 0 Å². The van der Waals surface area contributed by atoms with Gasteiger partial charge in [-0.1, -0.05) is 0 Å². The number of hydrogen-bond donors (Lipinski definition) is 2. The fourth-order valence-corrected chi connectivity index (χ4v) is 1.62. The van der Waals surface area contributed by atoms with Gasteiger partial charge < -0.3 is 15.2 Å². The fourth-order valence-electron chi connectivity index (χ4n) is 1.62. The Bertz CT molecular complexity index is 171. The van der Waals surface area contributed by atoms with E-state index in [0.29, 0.717) is 12.1 Å². The fraction of sp³-hybridized carbons (Fsp3) is 1.00. The van der Waals surface area contributed by atoms with Crippen LogP contribution in [0, 0.1) is 0 Å². The summed E-state index contributed by atoms with van der Waals surface area (Å²) in [5, 5.41) is 12.4. The zero-order chi connectivity index (χ0) is 6.72. The minimum absolute atomic E-state index is 0.167. The van der Waals surface area contributed by atoms with Gasteiger partial charge in [-0.15, -0.1) is 0 Å². The lowest BCUT2D eigenvalue weighted by molar-refractivity contribution is -0.111. The summed E-state index contributed by atoms with van der Waals surface area (Å²) in [7, 11) is 0. The Morgan fingerprint density at radius 3 is 2.80 bits per heavy atom. The second kappa shape index (κ2) is 1.53. The van der Waals surface area contributed by atoms with Crippen molar-refractivity contribution < 1.29 is 9.84 Å². The quantitative estimate of drug-likeness (QED) is 0.429. The third kappa shape index (κ3) is 0.594. The first-order valence-electron chi connectivity index (χ1n) is 3.69. The molecule has 0 aromatic heterocycles. The predicted octanol–water partition coefficient (Wildman–Crippen LogP) is -1.68. The summed E-state index contributed by atoms with van der Waals surface area (Å²) in [6.07, 6.45) is -0.354. The lowest BCUT2D eigenvalue weighted by Crippen LogP contribution is -2.27. The molecule has 0 saturated carbocycles. The van der Waals surface area contributed by atoms with Crippen molar-refractivity contribution in [1.82, 2.24) is 10.2 Å². The van der Waals surface area contributed by atoms with Crippen LogP contribution in [0.2, 0.25) is 0 Å². The van der Waals surface area contributed by atoms with Crippen LogP contribution in [0.3, 0.4) is 0 Å². The molecule has 3 unspecified atom stereocenters. The van der Waals surface area contributed by atoms with E-state index >= 15 is 0 Å². The van der Waals surface area contributed by atoms with Gasteiger partial charge in [0.1, 0.15) is 6.23 Å². The number of fused-ring (bicyclic) bond motifs is 1. The van der Waals surface area contributed by atoms with E-state index in [1.54, 1.807) is 0 Å². The molecular formula is C6H10N2O2. The van der Waals surface area contributed by atoms with Crippen LogP contribution in [0.1, 0.15) is 0 Å². The average molecular weight is 142 g/mol. The summed E-state index contributed by atoms with van der Waals surface area (Å²) in [5.74, 6) is 0. The first-order chi connectivity index (χ1) is 4.86. The van der Waals surface area contributed by atoms with Gasteiger partial charge in [-0.05, 0) is 0 Å². The molecule has 56 valence electrons. The van der Waals surface area contributed by atoms with E-state index in [0.717, 1.165) is 13.1 Å². The monoisotopic (exact) mass is 142 g/mol. The Balaban J connectivity index is 1.76. The van der Waals surface area contributed by atoms with Crippen LogP contribution in [-0.2, 0) is 4.74 Å². The van der Waals surface area contributed by atoms with E-state index in [1.165, 1.54) is 0 Å². The van der Waals surface area contributed by atoms with Gasteiger partial charge in [0.15, 0.2) is 6.29 Å². The standard InChI is InChI=1S/C6H10N2O2/c9-6-4-2-8(4)5(10-6)3-1-7-3/h3-7,9H,1-2H2/t3-,4?,5?,6+,8?/m1/s1.